The molecule has 3 rings (SSSR count). The van der Waals surface area contributed by atoms with Gasteiger partial charge >= 0.3 is 0 Å². The molecular weight excluding hydrogens is 324 g/mol. The molecule has 6 heteroatoms. The zero-order valence-electron chi connectivity index (χ0n) is 13.9. The van der Waals surface area contributed by atoms with E-state index in [1.807, 2.05) is 28.5 Å². The molecule has 0 unspecified atom stereocenters. The van der Waals surface area contributed by atoms with Crippen LogP contribution in [0.5, 0.6) is 11.5 Å². The number of hydrogen-bond acceptors (Lipinski definition) is 5. The topological polar surface area (TPSA) is 51.7 Å². The molecule has 1 aromatic heterocycles. The van der Waals surface area contributed by atoms with Crippen molar-refractivity contribution in [1.82, 2.24) is 9.88 Å². The zero-order valence-corrected chi connectivity index (χ0v) is 14.7. The lowest BCUT2D eigenvalue weighted by atomic mass is 10.1. The monoisotopic (exact) mass is 346 g/mol. The van der Waals surface area contributed by atoms with Gasteiger partial charge in [0.05, 0.1) is 6.54 Å². The summed E-state index contributed by atoms with van der Waals surface area (Å²) in [5.41, 5.74) is 1.09. The molecule has 0 radical (unpaired) electrons. The normalized spacial score (nSPS) is 12.4. The number of unbranched alkanes of at least 4 members (excludes halogenated alkanes) is 1. The van der Waals surface area contributed by atoms with Crippen LogP contribution in [-0.2, 0) is 17.8 Å². The minimum atomic E-state index is 0.177. The van der Waals surface area contributed by atoms with E-state index in [1.165, 1.54) is 0 Å². The maximum absolute atomic E-state index is 12.6. The molecule has 0 saturated carbocycles. The average molecular weight is 346 g/mol. The lowest BCUT2D eigenvalue weighted by Gasteiger charge is -2.21. The molecule has 128 valence electrons. The van der Waals surface area contributed by atoms with E-state index in [4.69, 9.17) is 9.47 Å². The average Bonchev–Trinajstić information content (AvgIpc) is 3.27. The molecule has 24 heavy (non-hydrogen) atoms. The van der Waals surface area contributed by atoms with Crippen molar-refractivity contribution >= 4 is 17.2 Å². The Morgan fingerprint density at radius 1 is 1.33 bits per heavy atom. The van der Waals surface area contributed by atoms with Gasteiger partial charge in [-0.3, -0.25) is 4.79 Å². The van der Waals surface area contributed by atoms with Crippen LogP contribution >= 0.6 is 11.3 Å². The van der Waals surface area contributed by atoms with Crippen molar-refractivity contribution < 1.29 is 14.3 Å². The largest absolute Gasteiger partial charge is 0.454 e. The molecule has 0 aliphatic carbocycles. The fourth-order valence-electron chi connectivity index (χ4n) is 2.64. The Bertz CT molecular complexity index is 673. The van der Waals surface area contributed by atoms with Crippen LogP contribution in [0.4, 0.5) is 0 Å². The van der Waals surface area contributed by atoms with Crippen LogP contribution in [-0.4, -0.2) is 29.1 Å². The van der Waals surface area contributed by atoms with Crippen LogP contribution < -0.4 is 9.47 Å². The highest BCUT2D eigenvalue weighted by Gasteiger charge is 2.17. The van der Waals surface area contributed by atoms with E-state index < -0.39 is 0 Å². The van der Waals surface area contributed by atoms with Gasteiger partial charge < -0.3 is 14.4 Å². The van der Waals surface area contributed by atoms with E-state index in [1.54, 1.807) is 17.5 Å². The zero-order chi connectivity index (χ0) is 16.8. The van der Waals surface area contributed by atoms with Crippen molar-refractivity contribution in [2.24, 2.45) is 0 Å². The maximum Gasteiger partial charge on any atom is 0.231 e. The molecule has 5 nitrogen and oxygen atoms in total. The van der Waals surface area contributed by atoms with Crippen LogP contribution in [0.1, 0.15) is 36.8 Å². The van der Waals surface area contributed by atoms with Gasteiger partial charge in [-0.25, -0.2) is 4.98 Å². The fraction of sp³-hybridized carbons (Fsp3) is 0.444. The minimum Gasteiger partial charge on any atom is -0.454 e. The number of fused-ring (bicyclic) bond motifs is 1. The van der Waals surface area contributed by atoms with Gasteiger partial charge in [-0.15, -0.1) is 11.3 Å². The van der Waals surface area contributed by atoms with Crippen molar-refractivity contribution in [2.45, 2.75) is 39.2 Å². The molecule has 2 heterocycles. The van der Waals surface area contributed by atoms with Crippen molar-refractivity contribution in [3.05, 3.63) is 40.3 Å². The van der Waals surface area contributed by atoms with Crippen LogP contribution in [0.2, 0.25) is 0 Å². The van der Waals surface area contributed by atoms with E-state index in [0.29, 0.717) is 19.4 Å². The number of ether oxygens (including phenoxy) is 2. The second kappa shape index (κ2) is 8.15. The summed E-state index contributed by atoms with van der Waals surface area (Å²) < 4.78 is 10.7. The molecule has 0 atom stereocenters. The van der Waals surface area contributed by atoms with E-state index in [0.717, 1.165) is 41.5 Å². The van der Waals surface area contributed by atoms with Crippen LogP contribution in [0.3, 0.4) is 0 Å². The van der Waals surface area contributed by atoms with Crippen LogP contribution in [0.25, 0.3) is 0 Å². The number of aryl methyl sites for hydroxylation is 1. The van der Waals surface area contributed by atoms with Crippen LogP contribution in [0, 0.1) is 0 Å². The lowest BCUT2D eigenvalue weighted by molar-refractivity contribution is -0.131. The highest BCUT2D eigenvalue weighted by atomic mass is 32.1. The highest BCUT2D eigenvalue weighted by molar-refractivity contribution is 7.09. The molecule has 0 bridgehead atoms. The number of aromatic nitrogens is 1. The van der Waals surface area contributed by atoms with Crippen molar-refractivity contribution in [3.8, 4) is 11.5 Å². The van der Waals surface area contributed by atoms with E-state index in [2.05, 4.69) is 11.9 Å². The van der Waals surface area contributed by atoms with Gasteiger partial charge in [0.25, 0.3) is 0 Å². The number of amides is 1. The van der Waals surface area contributed by atoms with Gasteiger partial charge in [0.15, 0.2) is 11.5 Å². The summed E-state index contributed by atoms with van der Waals surface area (Å²) in [7, 11) is 0. The van der Waals surface area contributed by atoms with E-state index in [9.17, 15) is 4.79 Å². The lowest BCUT2D eigenvalue weighted by Crippen LogP contribution is -2.31. The van der Waals surface area contributed by atoms with Gasteiger partial charge in [-0.2, -0.15) is 0 Å². The van der Waals surface area contributed by atoms with Crippen LogP contribution in [0.15, 0.2) is 29.8 Å². The summed E-state index contributed by atoms with van der Waals surface area (Å²) in [5, 5.41) is 2.94. The third kappa shape index (κ3) is 4.26. The number of carbonyl (C=O) groups excluding carboxylic acids is 1. The molecule has 1 aromatic carbocycles. The number of thiazole rings is 1. The van der Waals surface area contributed by atoms with Gasteiger partial charge in [-0.05, 0) is 30.5 Å². The van der Waals surface area contributed by atoms with E-state index in [-0.39, 0.29) is 12.7 Å². The first kappa shape index (κ1) is 16.8. The molecule has 1 amide bonds. The summed E-state index contributed by atoms with van der Waals surface area (Å²) >= 11 is 1.59. The van der Waals surface area contributed by atoms with Crippen molar-refractivity contribution in [3.63, 3.8) is 0 Å². The Kier molecular flexibility index (Phi) is 5.69. The Hall–Kier alpha value is -2.08. The molecule has 2 aromatic rings. The Morgan fingerprint density at radius 3 is 3.00 bits per heavy atom. The van der Waals surface area contributed by atoms with Gasteiger partial charge in [0, 0.05) is 24.5 Å². The smallest absolute Gasteiger partial charge is 0.231 e. The first-order valence-corrected chi connectivity index (χ1v) is 9.19. The summed E-state index contributed by atoms with van der Waals surface area (Å²) in [6.07, 6.45) is 5.07. The quantitative estimate of drug-likeness (QED) is 0.732. The summed E-state index contributed by atoms with van der Waals surface area (Å²) in [4.78, 5) is 18.9. The summed E-state index contributed by atoms with van der Waals surface area (Å²) in [5.74, 6) is 1.72. The number of benzene rings is 1. The predicted octanol–water partition coefficient (Wildman–Crippen LogP) is 3.63. The molecule has 1 aliphatic rings. The maximum atomic E-state index is 12.6. The molecule has 0 saturated heterocycles. The first-order valence-electron chi connectivity index (χ1n) is 8.31. The van der Waals surface area contributed by atoms with Crippen molar-refractivity contribution in [2.75, 3.05) is 13.3 Å². The van der Waals surface area contributed by atoms with Gasteiger partial charge in [0.1, 0.15) is 5.01 Å². The molecule has 0 N–H and O–H groups in total. The number of nitrogens with zero attached hydrogens (tertiary/aromatic N) is 2. The summed E-state index contributed by atoms with van der Waals surface area (Å²) in [6, 6.07) is 5.87. The first-order chi connectivity index (χ1) is 11.8. The van der Waals surface area contributed by atoms with Crippen molar-refractivity contribution in [1.29, 1.82) is 0 Å². The third-order valence-electron chi connectivity index (χ3n) is 4.01. The number of hydrogen-bond donors (Lipinski definition) is 0. The number of rotatable bonds is 8. The second-order valence-electron chi connectivity index (χ2n) is 5.78. The molecular formula is C18H22N2O3S. The van der Waals surface area contributed by atoms with Gasteiger partial charge in [-0.1, -0.05) is 19.4 Å². The second-order valence-corrected chi connectivity index (χ2v) is 6.76. The molecule has 1 aliphatic heterocycles. The Balaban J connectivity index is 1.58. The predicted molar refractivity (Wildman–Crippen MR) is 93.3 cm³/mol. The summed E-state index contributed by atoms with van der Waals surface area (Å²) in [6.45, 7) is 3.81. The Morgan fingerprint density at radius 2 is 2.21 bits per heavy atom. The number of carbonyl (C=O) groups is 1. The third-order valence-corrected chi connectivity index (χ3v) is 4.77. The SMILES string of the molecule is CCCCN(Cc1nccs1)C(=O)CCc1ccc2c(c1)OCO2. The Labute approximate surface area is 146 Å². The molecule has 0 spiro atoms. The fourth-order valence-corrected chi connectivity index (χ4v) is 3.27. The minimum absolute atomic E-state index is 0.177. The van der Waals surface area contributed by atoms with Gasteiger partial charge in [0.2, 0.25) is 12.7 Å². The highest BCUT2D eigenvalue weighted by Crippen LogP contribution is 2.32. The molecule has 0 fully saturated rings. The van der Waals surface area contributed by atoms with E-state index >= 15 is 0 Å². The standard InChI is InChI=1S/C18H22N2O3S/c1-2-3-9-20(12-17-19-8-10-24-17)18(21)7-5-14-4-6-15-16(11-14)23-13-22-15/h4,6,8,10-11H,2-3,5,7,9,12-13H2,1H3.